The second kappa shape index (κ2) is 9.57. The van der Waals surface area contributed by atoms with Crippen LogP contribution in [0.1, 0.15) is 18.7 Å². The summed E-state index contributed by atoms with van der Waals surface area (Å²) in [5.74, 6) is -0.111. The van der Waals surface area contributed by atoms with Gasteiger partial charge in [0.25, 0.3) is 0 Å². The number of nitrogens with one attached hydrogen (secondary N) is 1. The molecule has 3 heterocycles. The Morgan fingerprint density at radius 3 is 2.69 bits per heavy atom. The molecule has 11 heteroatoms. The number of fused-ring (bicyclic) bond motifs is 1. The molecule has 1 aromatic carbocycles. The van der Waals surface area contributed by atoms with E-state index >= 15 is 0 Å². The number of ether oxygens (including phenoxy) is 2. The van der Waals surface area contributed by atoms with Crippen molar-refractivity contribution in [3.05, 3.63) is 48.5 Å². The quantitative estimate of drug-likeness (QED) is 0.351. The smallest absolute Gasteiger partial charge is 0.328 e. The number of carbonyl (C=O) groups excluding carboxylic acids is 1. The van der Waals surface area contributed by atoms with Crippen LogP contribution in [-0.4, -0.2) is 78.4 Å². The van der Waals surface area contributed by atoms with E-state index in [-0.39, 0.29) is 6.61 Å². The molecule has 0 amide bonds. The first kappa shape index (κ1) is 22.1. The van der Waals surface area contributed by atoms with Crippen molar-refractivity contribution in [3.63, 3.8) is 0 Å². The van der Waals surface area contributed by atoms with Gasteiger partial charge in [0, 0.05) is 6.42 Å². The van der Waals surface area contributed by atoms with E-state index in [1.807, 2.05) is 30.3 Å². The highest BCUT2D eigenvalue weighted by atomic mass is 16.6. The van der Waals surface area contributed by atoms with Gasteiger partial charge in [0.15, 0.2) is 23.2 Å². The van der Waals surface area contributed by atoms with Crippen LogP contribution in [0.5, 0.6) is 0 Å². The third-order valence-corrected chi connectivity index (χ3v) is 5.31. The number of esters is 1. The fraction of sp³-hybridized carbons (Fsp3) is 0.429. The molecule has 0 radical (unpaired) electrons. The highest BCUT2D eigenvalue weighted by molar-refractivity contribution is 5.86. The molecule has 1 aliphatic rings. The molecule has 0 aliphatic carbocycles. The maximum atomic E-state index is 12.6. The van der Waals surface area contributed by atoms with Crippen LogP contribution in [0.25, 0.3) is 11.2 Å². The fourth-order valence-electron chi connectivity index (χ4n) is 3.70. The van der Waals surface area contributed by atoms with E-state index in [1.54, 1.807) is 6.92 Å². The van der Waals surface area contributed by atoms with Gasteiger partial charge in [-0.25, -0.2) is 19.7 Å². The van der Waals surface area contributed by atoms with Crippen molar-refractivity contribution in [2.45, 2.75) is 43.9 Å². The van der Waals surface area contributed by atoms with Gasteiger partial charge in [-0.3, -0.25) is 4.57 Å². The summed E-state index contributed by atoms with van der Waals surface area (Å²) in [5.41, 5.74) is 1.63. The van der Waals surface area contributed by atoms with Gasteiger partial charge in [-0.2, -0.15) is 0 Å². The van der Waals surface area contributed by atoms with E-state index in [4.69, 9.17) is 9.47 Å². The number of nitrogens with zero attached hydrogens (tertiary/aromatic N) is 4. The van der Waals surface area contributed by atoms with Crippen molar-refractivity contribution in [2.24, 2.45) is 0 Å². The van der Waals surface area contributed by atoms with Gasteiger partial charge >= 0.3 is 5.97 Å². The van der Waals surface area contributed by atoms with Gasteiger partial charge in [-0.15, -0.1) is 0 Å². The number of benzene rings is 1. The minimum Gasteiger partial charge on any atom is -0.464 e. The van der Waals surface area contributed by atoms with Crippen LogP contribution in [0.3, 0.4) is 0 Å². The van der Waals surface area contributed by atoms with Crippen molar-refractivity contribution in [3.8, 4) is 0 Å². The highest BCUT2D eigenvalue weighted by Crippen LogP contribution is 2.32. The van der Waals surface area contributed by atoms with Gasteiger partial charge in [-0.05, 0) is 12.5 Å². The molecule has 32 heavy (non-hydrogen) atoms. The Bertz CT molecular complexity index is 1060. The summed E-state index contributed by atoms with van der Waals surface area (Å²) in [6.07, 6.45) is -1.36. The molecule has 2 aromatic heterocycles. The molecular weight excluding hydrogens is 418 g/mol. The Kier molecular flexibility index (Phi) is 6.61. The topological polar surface area (TPSA) is 152 Å². The second-order valence-corrected chi connectivity index (χ2v) is 7.41. The lowest BCUT2D eigenvalue weighted by Crippen LogP contribution is -2.34. The lowest BCUT2D eigenvalue weighted by molar-refractivity contribution is -0.144. The Morgan fingerprint density at radius 1 is 1.22 bits per heavy atom. The summed E-state index contributed by atoms with van der Waals surface area (Å²) in [6.45, 7) is 1.54. The minimum atomic E-state index is -1.28. The maximum absolute atomic E-state index is 12.6. The Hall–Kier alpha value is -3.12. The van der Waals surface area contributed by atoms with E-state index in [9.17, 15) is 20.1 Å². The number of imidazole rings is 1. The van der Waals surface area contributed by atoms with Crippen molar-refractivity contribution in [1.29, 1.82) is 0 Å². The molecule has 1 saturated heterocycles. The number of carbonyl (C=O) groups is 1. The van der Waals surface area contributed by atoms with Crippen LogP contribution >= 0.6 is 0 Å². The monoisotopic (exact) mass is 443 g/mol. The average molecular weight is 443 g/mol. The summed E-state index contributed by atoms with van der Waals surface area (Å²) in [5, 5.41) is 32.9. The maximum Gasteiger partial charge on any atom is 0.328 e. The summed E-state index contributed by atoms with van der Waals surface area (Å²) in [4.78, 5) is 25.4. The zero-order chi connectivity index (χ0) is 22.7. The van der Waals surface area contributed by atoms with Crippen LogP contribution in [0.15, 0.2) is 43.0 Å². The second-order valence-electron chi connectivity index (χ2n) is 7.41. The number of hydrogen-bond donors (Lipinski definition) is 4. The molecule has 11 nitrogen and oxygen atoms in total. The largest absolute Gasteiger partial charge is 0.464 e. The Morgan fingerprint density at radius 2 is 2.00 bits per heavy atom. The molecule has 1 fully saturated rings. The van der Waals surface area contributed by atoms with Crippen molar-refractivity contribution in [2.75, 3.05) is 18.5 Å². The molecule has 0 spiro atoms. The third kappa shape index (κ3) is 4.28. The van der Waals surface area contributed by atoms with Crippen LogP contribution < -0.4 is 5.32 Å². The van der Waals surface area contributed by atoms with Crippen molar-refractivity contribution >= 4 is 23.0 Å². The number of aliphatic hydroxyl groups is 3. The van der Waals surface area contributed by atoms with E-state index in [0.29, 0.717) is 23.4 Å². The Labute approximate surface area is 183 Å². The third-order valence-electron chi connectivity index (χ3n) is 5.31. The van der Waals surface area contributed by atoms with Crippen LogP contribution in [0.2, 0.25) is 0 Å². The summed E-state index contributed by atoms with van der Waals surface area (Å²) < 4.78 is 12.3. The zero-order valence-corrected chi connectivity index (χ0v) is 17.4. The standard InChI is InChI=1S/C21H25N5O6/c1-2-31-21(30)13(8-12-6-4-3-5-7-12)25-18-15-19(23-10-22-18)26(11-24-15)20-17(29)16(28)14(9-27)32-20/h3-7,10-11,13-14,16-17,20,27-29H,2,8-9H2,1H3,(H,22,23,25)/t13-,14+,16-,17-,20+/m0/s1. The van der Waals surface area contributed by atoms with Crippen LogP contribution in [0.4, 0.5) is 5.82 Å². The van der Waals surface area contributed by atoms with Gasteiger partial charge in [0.2, 0.25) is 0 Å². The van der Waals surface area contributed by atoms with E-state index < -0.39 is 43.2 Å². The number of aliphatic hydroxyl groups excluding tert-OH is 3. The number of hydrogen-bond acceptors (Lipinski definition) is 10. The SMILES string of the molecule is CCOC(=O)[C@H](Cc1ccccc1)Nc1ncnc2c1ncn2[C@@H]1O[C@H](CO)[C@H](O)[C@@H]1O. The Balaban J connectivity index is 1.63. The first-order valence-electron chi connectivity index (χ1n) is 10.3. The predicted octanol–water partition coefficient (Wildman–Crippen LogP) is 0.0241. The zero-order valence-electron chi connectivity index (χ0n) is 17.4. The molecule has 4 N–H and O–H groups in total. The van der Waals surface area contributed by atoms with Gasteiger partial charge in [-0.1, -0.05) is 30.3 Å². The summed E-state index contributed by atoms with van der Waals surface area (Å²) >= 11 is 0. The normalized spacial score (nSPS) is 23.9. The molecule has 0 unspecified atom stereocenters. The predicted molar refractivity (Wildman–Crippen MR) is 113 cm³/mol. The molecule has 170 valence electrons. The van der Waals surface area contributed by atoms with Crippen molar-refractivity contribution in [1.82, 2.24) is 19.5 Å². The van der Waals surface area contributed by atoms with Gasteiger partial charge in [0.1, 0.15) is 30.7 Å². The first-order chi connectivity index (χ1) is 15.5. The van der Waals surface area contributed by atoms with Crippen LogP contribution in [-0.2, 0) is 20.7 Å². The molecule has 0 bridgehead atoms. The van der Waals surface area contributed by atoms with Crippen LogP contribution in [0, 0.1) is 0 Å². The molecule has 5 atom stereocenters. The average Bonchev–Trinajstić information content (AvgIpc) is 3.36. The lowest BCUT2D eigenvalue weighted by atomic mass is 10.1. The van der Waals surface area contributed by atoms with E-state index in [0.717, 1.165) is 5.56 Å². The minimum absolute atomic E-state index is 0.241. The number of rotatable bonds is 8. The highest BCUT2D eigenvalue weighted by Gasteiger charge is 2.44. The first-order valence-corrected chi connectivity index (χ1v) is 10.3. The number of anilines is 1. The number of aromatic nitrogens is 4. The van der Waals surface area contributed by atoms with Crippen molar-refractivity contribution < 1.29 is 29.6 Å². The lowest BCUT2D eigenvalue weighted by Gasteiger charge is -2.19. The van der Waals surface area contributed by atoms with Gasteiger partial charge < -0.3 is 30.1 Å². The van der Waals surface area contributed by atoms with E-state index in [1.165, 1.54) is 17.2 Å². The molecular formula is C21H25N5O6. The molecule has 0 saturated carbocycles. The molecule has 1 aliphatic heterocycles. The fourth-order valence-corrected chi connectivity index (χ4v) is 3.70. The molecule has 4 rings (SSSR count). The summed E-state index contributed by atoms with van der Waals surface area (Å²) in [7, 11) is 0. The molecule has 3 aromatic rings. The summed E-state index contributed by atoms with van der Waals surface area (Å²) in [6, 6.07) is 8.80. The van der Waals surface area contributed by atoms with Gasteiger partial charge in [0.05, 0.1) is 19.5 Å². The van der Waals surface area contributed by atoms with E-state index in [2.05, 4.69) is 20.3 Å².